The highest BCUT2D eigenvalue weighted by Crippen LogP contribution is 2.32. The molecule has 1 N–H and O–H groups in total. The number of para-hydroxylation sites is 1. The summed E-state index contributed by atoms with van der Waals surface area (Å²) in [7, 11) is 0. The van der Waals surface area contributed by atoms with Crippen LogP contribution < -0.4 is 5.32 Å². The first-order valence-electron chi connectivity index (χ1n) is 8.80. The molecular weight excluding hydrogens is 328 g/mol. The largest absolute Gasteiger partial charge is 0.307 e. The first-order valence-corrected chi connectivity index (χ1v) is 8.80. The quantitative estimate of drug-likeness (QED) is 0.603. The Morgan fingerprint density at radius 2 is 2.04 bits per heavy atom. The van der Waals surface area contributed by atoms with E-state index in [-0.39, 0.29) is 12.5 Å². The molecule has 1 saturated carbocycles. The molecule has 1 fully saturated rings. The van der Waals surface area contributed by atoms with Gasteiger partial charge in [-0.25, -0.2) is 9.67 Å². The van der Waals surface area contributed by atoms with E-state index in [0.717, 1.165) is 22.8 Å². The normalized spacial score (nSPS) is 14.2. The molecule has 4 aromatic rings. The number of benzene rings is 1. The molecule has 7 nitrogen and oxygen atoms in total. The number of aromatic nitrogens is 5. The zero-order valence-corrected chi connectivity index (χ0v) is 14.2. The topological polar surface area (TPSA) is 77.6 Å². The van der Waals surface area contributed by atoms with Gasteiger partial charge >= 0.3 is 0 Å². The molecule has 130 valence electrons. The number of fused-ring (bicyclic) bond motifs is 2. The third-order valence-corrected chi connectivity index (χ3v) is 4.73. The second-order valence-corrected chi connectivity index (χ2v) is 6.76. The van der Waals surface area contributed by atoms with Gasteiger partial charge in [-0.15, -0.1) is 0 Å². The Labute approximate surface area is 149 Å². The second kappa shape index (κ2) is 5.94. The number of anilines is 1. The van der Waals surface area contributed by atoms with E-state index < -0.39 is 0 Å². The maximum atomic E-state index is 12.6. The smallest absolute Gasteiger partial charge is 0.247 e. The Kier molecular flexibility index (Phi) is 3.44. The lowest BCUT2D eigenvalue weighted by Gasteiger charge is -2.04. The van der Waals surface area contributed by atoms with Gasteiger partial charge in [0.25, 0.3) is 0 Å². The third kappa shape index (κ3) is 2.71. The lowest BCUT2D eigenvalue weighted by atomic mass is 10.2. The highest BCUT2D eigenvalue weighted by molar-refractivity contribution is 6.00. The number of carbonyl (C=O) groups is 1. The number of nitrogens with zero attached hydrogens (tertiary/aromatic N) is 5. The third-order valence-electron chi connectivity index (χ3n) is 4.73. The number of nitrogens with one attached hydrogen (secondary N) is 1. The van der Waals surface area contributed by atoms with Crippen LogP contribution in [0.4, 0.5) is 5.82 Å². The summed E-state index contributed by atoms with van der Waals surface area (Å²) in [5, 5.41) is 13.7. The summed E-state index contributed by atoms with van der Waals surface area (Å²) < 4.78 is 3.61. The summed E-state index contributed by atoms with van der Waals surface area (Å²) in [6.07, 6.45) is 5.94. The number of hydrogen-bond acceptors (Lipinski definition) is 4. The summed E-state index contributed by atoms with van der Waals surface area (Å²) in [5.41, 5.74) is 1.76. The first-order chi connectivity index (χ1) is 12.8. The van der Waals surface area contributed by atoms with E-state index in [2.05, 4.69) is 20.5 Å². The van der Waals surface area contributed by atoms with Crippen molar-refractivity contribution in [2.45, 2.75) is 25.9 Å². The van der Waals surface area contributed by atoms with Gasteiger partial charge in [-0.3, -0.25) is 9.48 Å². The van der Waals surface area contributed by atoms with Gasteiger partial charge in [-0.05, 0) is 43.0 Å². The predicted molar refractivity (Wildman–Crippen MR) is 98.6 cm³/mol. The van der Waals surface area contributed by atoms with Crippen LogP contribution in [-0.4, -0.2) is 30.5 Å². The Balaban J connectivity index is 1.41. The van der Waals surface area contributed by atoms with Gasteiger partial charge in [0.15, 0.2) is 11.5 Å². The van der Waals surface area contributed by atoms with Crippen LogP contribution >= 0.6 is 0 Å². The second-order valence-electron chi connectivity index (χ2n) is 6.76. The fourth-order valence-electron chi connectivity index (χ4n) is 3.24. The van der Waals surface area contributed by atoms with Crippen molar-refractivity contribution in [1.29, 1.82) is 0 Å². The number of amides is 1. The van der Waals surface area contributed by atoms with Crippen molar-refractivity contribution in [3.8, 4) is 0 Å². The highest BCUT2D eigenvalue weighted by Gasteiger charge is 2.24. The average Bonchev–Trinajstić information content (AvgIpc) is 3.30. The molecule has 3 aromatic heterocycles. The molecule has 1 aliphatic rings. The van der Waals surface area contributed by atoms with E-state index >= 15 is 0 Å². The van der Waals surface area contributed by atoms with Crippen molar-refractivity contribution in [2.75, 3.05) is 5.32 Å². The van der Waals surface area contributed by atoms with Gasteiger partial charge in [0.05, 0.1) is 11.7 Å². The molecule has 0 saturated heterocycles. The fourth-order valence-corrected chi connectivity index (χ4v) is 3.24. The molecule has 7 heteroatoms. The van der Waals surface area contributed by atoms with E-state index in [0.29, 0.717) is 17.4 Å². The van der Waals surface area contributed by atoms with Crippen molar-refractivity contribution in [1.82, 2.24) is 24.5 Å². The molecule has 0 radical (unpaired) electrons. The van der Waals surface area contributed by atoms with Gasteiger partial charge in [0.1, 0.15) is 6.54 Å². The molecule has 0 spiro atoms. The molecule has 0 bridgehead atoms. The van der Waals surface area contributed by atoms with Gasteiger partial charge in [-0.2, -0.15) is 10.2 Å². The van der Waals surface area contributed by atoms with E-state index in [1.807, 2.05) is 41.1 Å². The van der Waals surface area contributed by atoms with Crippen LogP contribution in [0.5, 0.6) is 0 Å². The predicted octanol–water partition coefficient (Wildman–Crippen LogP) is 2.83. The monoisotopic (exact) mass is 346 g/mol. The molecule has 0 unspecified atom stereocenters. The van der Waals surface area contributed by atoms with Crippen molar-refractivity contribution < 1.29 is 4.79 Å². The van der Waals surface area contributed by atoms with Crippen molar-refractivity contribution in [3.05, 3.63) is 48.8 Å². The van der Waals surface area contributed by atoms with Crippen LogP contribution in [0.15, 0.2) is 48.8 Å². The standard InChI is InChI=1S/C19H18N6O/c26-17(12-25-19-14(10-21-25)4-3-9-20-19)22-18-15-5-1-2-6-16(15)24(23-18)11-13-7-8-13/h1-6,9-10,13H,7-8,11-12H2,(H,22,23,26). The Morgan fingerprint density at radius 1 is 1.15 bits per heavy atom. The summed E-state index contributed by atoms with van der Waals surface area (Å²) >= 11 is 0. The number of hydrogen-bond donors (Lipinski definition) is 1. The molecule has 3 heterocycles. The molecule has 1 amide bonds. The Hall–Kier alpha value is -3.22. The summed E-state index contributed by atoms with van der Waals surface area (Å²) in [5.74, 6) is 1.15. The fraction of sp³-hybridized carbons (Fsp3) is 0.263. The molecule has 26 heavy (non-hydrogen) atoms. The van der Waals surface area contributed by atoms with E-state index in [9.17, 15) is 4.79 Å². The van der Waals surface area contributed by atoms with Crippen molar-refractivity contribution in [3.63, 3.8) is 0 Å². The molecular formula is C19H18N6O. The lowest BCUT2D eigenvalue weighted by Crippen LogP contribution is -2.20. The number of pyridine rings is 1. The van der Waals surface area contributed by atoms with Crippen LogP contribution in [-0.2, 0) is 17.9 Å². The molecule has 0 atom stereocenters. The van der Waals surface area contributed by atoms with E-state index in [4.69, 9.17) is 0 Å². The average molecular weight is 346 g/mol. The van der Waals surface area contributed by atoms with E-state index in [1.165, 1.54) is 12.8 Å². The molecule has 1 aliphatic carbocycles. The Bertz CT molecular complexity index is 1110. The van der Waals surface area contributed by atoms with Gasteiger partial charge < -0.3 is 5.32 Å². The minimum atomic E-state index is -0.164. The molecule has 5 rings (SSSR count). The van der Waals surface area contributed by atoms with E-state index in [1.54, 1.807) is 17.1 Å². The zero-order valence-electron chi connectivity index (χ0n) is 14.2. The number of rotatable bonds is 5. The summed E-state index contributed by atoms with van der Waals surface area (Å²) in [6.45, 7) is 1.01. The zero-order chi connectivity index (χ0) is 17.5. The highest BCUT2D eigenvalue weighted by atomic mass is 16.2. The van der Waals surface area contributed by atoms with Crippen LogP contribution in [0.1, 0.15) is 12.8 Å². The van der Waals surface area contributed by atoms with Crippen LogP contribution in [0.2, 0.25) is 0 Å². The lowest BCUT2D eigenvalue weighted by molar-refractivity contribution is -0.116. The van der Waals surface area contributed by atoms with Crippen molar-refractivity contribution in [2.24, 2.45) is 5.92 Å². The van der Waals surface area contributed by atoms with Crippen LogP contribution in [0, 0.1) is 5.92 Å². The van der Waals surface area contributed by atoms with Gasteiger partial charge in [-0.1, -0.05) is 12.1 Å². The maximum absolute atomic E-state index is 12.6. The molecule has 1 aromatic carbocycles. The van der Waals surface area contributed by atoms with Crippen LogP contribution in [0.25, 0.3) is 21.9 Å². The molecule has 0 aliphatic heterocycles. The summed E-state index contributed by atoms with van der Waals surface area (Å²) in [4.78, 5) is 16.9. The van der Waals surface area contributed by atoms with Crippen LogP contribution in [0.3, 0.4) is 0 Å². The van der Waals surface area contributed by atoms with Crippen molar-refractivity contribution >= 4 is 33.7 Å². The minimum absolute atomic E-state index is 0.102. The van der Waals surface area contributed by atoms with Gasteiger partial charge in [0, 0.05) is 23.5 Å². The first kappa shape index (κ1) is 15.1. The Morgan fingerprint density at radius 3 is 2.92 bits per heavy atom. The van der Waals surface area contributed by atoms with Gasteiger partial charge in [0.2, 0.25) is 5.91 Å². The minimum Gasteiger partial charge on any atom is -0.307 e. The number of carbonyl (C=O) groups excluding carboxylic acids is 1. The maximum Gasteiger partial charge on any atom is 0.247 e. The SMILES string of the molecule is O=C(Cn1ncc2cccnc21)Nc1nn(CC2CC2)c2ccccc12. The summed E-state index contributed by atoms with van der Waals surface area (Å²) in [6, 6.07) is 11.8.